The first-order valence-electron chi connectivity index (χ1n) is 9.04. The van der Waals surface area contributed by atoms with E-state index in [1.165, 1.54) is 17.7 Å². The van der Waals surface area contributed by atoms with E-state index in [2.05, 4.69) is 19.9 Å². The van der Waals surface area contributed by atoms with E-state index >= 15 is 0 Å². The van der Waals surface area contributed by atoms with Crippen LogP contribution >= 0.6 is 11.3 Å². The van der Waals surface area contributed by atoms with E-state index in [4.69, 9.17) is 0 Å². The van der Waals surface area contributed by atoms with Crippen LogP contribution in [-0.4, -0.2) is 17.7 Å². The number of alkyl halides is 3. The molecule has 0 spiro atoms. The number of carbonyl (C=O) groups excluding carboxylic acids is 2. The standard InChI is InChI=1S/C21H25F3O2S/c1-14-6-4-12-20(2,3)16(14)10-8-15(25)9-11-17(21(22,23)24)19(26)18-7-5-13-27-18/h5-8,10,13,16-17H,4,9,11-12H2,1-3H3/b10-8+. The number of hydrogen-bond acceptors (Lipinski definition) is 3. The first-order chi connectivity index (χ1) is 12.5. The molecule has 0 amide bonds. The lowest BCUT2D eigenvalue weighted by Crippen LogP contribution is -2.31. The third-order valence-electron chi connectivity index (χ3n) is 5.22. The third-order valence-corrected chi connectivity index (χ3v) is 6.10. The van der Waals surface area contributed by atoms with Crippen molar-refractivity contribution >= 4 is 22.9 Å². The van der Waals surface area contributed by atoms with Crippen molar-refractivity contribution in [1.29, 1.82) is 0 Å². The number of carbonyl (C=O) groups is 2. The van der Waals surface area contributed by atoms with Crippen LogP contribution in [0.25, 0.3) is 0 Å². The van der Waals surface area contributed by atoms with E-state index in [-0.39, 0.29) is 28.4 Å². The second kappa shape index (κ2) is 8.55. The van der Waals surface area contributed by atoms with E-state index in [0.29, 0.717) is 0 Å². The van der Waals surface area contributed by atoms with Crippen molar-refractivity contribution in [3.05, 3.63) is 46.2 Å². The predicted octanol–water partition coefficient (Wildman–Crippen LogP) is 6.40. The highest BCUT2D eigenvalue weighted by molar-refractivity contribution is 7.12. The monoisotopic (exact) mass is 398 g/mol. The lowest BCUT2D eigenvalue weighted by Gasteiger charge is -2.36. The summed E-state index contributed by atoms with van der Waals surface area (Å²) in [5.74, 6) is -3.37. The van der Waals surface area contributed by atoms with Gasteiger partial charge in [0.05, 0.1) is 4.88 Å². The van der Waals surface area contributed by atoms with Gasteiger partial charge < -0.3 is 0 Å². The molecule has 1 heterocycles. The fourth-order valence-corrected chi connectivity index (χ4v) is 4.31. The van der Waals surface area contributed by atoms with Gasteiger partial charge in [0.15, 0.2) is 11.6 Å². The summed E-state index contributed by atoms with van der Waals surface area (Å²) in [7, 11) is 0. The van der Waals surface area contributed by atoms with Gasteiger partial charge in [-0.15, -0.1) is 11.3 Å². The average molecular weight is 398 g/mol. The van der Waals surface area contributed by atoms with Gasteiger partial charge in [0.1, 0.15) is 5.92 Å². The molecule has 0 saturated heterocycles. The van der Waals surface area contributed by atoms with Crippen LogP contribution in [-0.2, 0) is 4.79 Å². The van der Waals surface area contributed by atoms with Crippen LogP contribution in [0.5, 0.6) is 0 Å². The van der Waals surface area contributed by atoms with Crippen molar-refractivity contribution in [1.82, 2.24) is 0 Å². The molecule has 0 aliphatic heterocycles. The molecule has 148 valence electrons. The molecule has 0 saturated carbocycles. The molecule has 0 bridgehead atoms. The third kappa shape index (κ3) is 5.64. The number of hydrogen-bond donors (Lipinski definition) is 0. The Morgan fingerprint density at radius 1 is 1.37 bits per heavy atom. The van der Waals surface area contributed by atoms with Gasteiger partial charge >= 0.3 is 6.18 Å². The first-order valence-corrected chi connectivity index (χ1v) is 9.92. The zero-order chi connectivity index (χ0) is 20.2. The maximum absolute atomic E-state index is 13.3. The molecule has 1 aliphatic rings. The normalized spacial score (nSPS) is 21.1. The Hall–Kier alpha value is -1.69. The quantitative estimate of drug-likeness (QED) is 0.303. The second-order valence-corrected chi connectivity index (χ2v) is 8.70. The Labute approximate surface area is 162 Å². The summed E-state index contributed by atoms with van der Waals surface area (Å²) < 4.78 is 39.9. The van der Waals surface area contributed by atoms with Gasteiger partial charge in [0.2, 0.25) is 0 Å². The Morgan fingerprint density at radius 3 is 2.63 bits per heavy atom. The fraction of sp³-hybridized carbons (Fsp3) is 0.524. The Bertz CT molecular complexity index is 727. The largest absolute Gasteiger partial charge is 0.399 e. The zero-order valence-electron chi connectivity index (χ0n) is 15.8. The van der Waals surface area contributed by atoms with Gasteiger partial charge in [-0.3, -0.25) is 9.59 Å². The van der Waals surface area contributed by atoms with Crippen molar-refractivity contribution in [2.45, 2.75) is 52.6 Å². The van der Waals surface area contributed by atoms with Gasteiger partial charge in [0.25, 0.3) is 0 Å². The molecule has 0 radical (unpaired) electrons. The summed E-state index contributed by atoms with van der Waals surface area (Å²) in [6.45, 7) is 6.27. The molecule has 27 heavy (non-hydrogen) atoms. The molecule has 1 aromatic heterocycles. The van der Waals surface area contributed by atoms with Gasteiger partial charge in [-0.2, -0.15) is 13.2 Å². The molecule has 1 aromatic rings. The van der Waals surface area contributed by atoms with E-state index in [0.717, 1.165) is 24.2 Å². The minimum Gasteiger partial charge on any atom is -0.295 e. The van der Waals surface area contributed by atoms with Crippen molar-refractivity contribution in [2.24, 2.45) is 17.3 Å². The molecule has 2 rings (SSSR count). The Balaban J connectivity index is 2.02. The molecule has 2 nitrogen and oxygen atoms in total. The summed E-state index contributed by atoms with van der Waals surface area (Å²) in [6.07, 6.45) is 1.85. The summed E-state index contributed by atoms with van der Waals surface area (Å²) in [6, 6.07) is 2.93. The summed E-state index contributed by atoms with van der Waals surface area (Å²) in [5, 5.41) is 1.57. The van der Waals surface area contributed by atoms with E-state index < -0.39 is 24.3 Å². The van der Waals surface area contributed by atoms with Crippen LogP contribution in [0.3, 0.4) is 0 Å². The molecule has 1 aliphatic carbocycles. The molecule has 2 unspecified atom stereocenters. The van der Waals surface area contributed by atoms with Crippen molar-refractivity contribution < 1.29 is 22.8 Å². The van der Waals surface area contributed by atoms with E-state index in [9.17, 15) is 22.8 Å². The van der Waals surface area contributed by atoms with Crippen LogP contribution in [0.4, 0.5) is 13.2 Å². The van der Waals surface area contributed by atoms with Crippen LogP contribution < -0.4 is 0 Å². The lowest BCUT2D eigenvalue weighted by molar-refractivity contribution is -0.162. The van der Waals surface area contributed by atoms with Crippen LogP contribution in [0.15, 0.2) is 41.3 Å². The summed E-state index contributed by atoms with van der Waals surface area (Å²) in [5.41, 5.74) is 1.19. The molecule has 0 fully saturated rings. The number of Topliss-reactive ketones (excluding diaryl/α,β-unsaturated/α-hetero) is 1. The average Bonchev–Trinajstić information content (AvgIpc) is 3.07. The second-order valence-electron chi connectivity index (χ2n) is 7.75. The van der Waals surface area contributed by atoms with Gasteiger partial charge in [-0.25, -0.2) is 0 Å². The van der Waals surface area contributed by atoms with Crippen molar-refractivity contribution in [2.75, 3.05) is 0 Å². The molecule has 0 aromatic carbocycles. The smallest absolute Gasteiger partial charge is 0.295 e. The number of thiophene rings is 1. The number of allylic oxidation sites excluding steroid dienone is 4. The fourth-order valence-electron chi connectivity index (χ4n) is 3.59. The Kier molecular flexibility index (Phi) is 6.84. The highest BCUT2D eigenvalue weighted by Crippen LogP contribution is 2.41. The molecular formula is C21H25F3O2S. The zero-order valence-corrected chi connectivity index (χ0v) is 16.6. The van der Waals surface area contributed by atoms with Crippen molar-refractivity contribution in [3.63, 3.8) is 0 Å². The molecule has 2 atom stereocenters. The minimum atomic E-state index is -4.66. The topological polar surface area (TPSA) is 34.1 Å². The molecular weight excluding hydrogens is 373 g/mol. The van der Waals surface area contributed by atoms with Crippen LogP contribution in [0.1, 0.15) is 56.1 Å². The minimum absolute atomic E-state index is 0.0132. The number of ketones is 2. The van der Waals surface area contributed by atoms with Gasteiger partial charge in [-0.1, -0.05) is 37.6 Å². The highest BCUT2D eigenvalue weighted by Gasteiger charge is 2.45. The first kappa shape index (κ1) is 21.6. The van der Waals surface area contributed by atoms with Crippen LogP contribution in [0, 0.1) is 17.3 Å². The van der Waals surface area contributed by atoms with Gasteiger partial charge in [-0.05, 0) is 49.1 Å². The maximum atomic E-state index is 13.3. The Morgan fingerprint density at radius 2 is 2.07 bits per heavy atom. The SMILES string of the molecule is CC1=CCCC(C)(C)C1/C=C/C(=O)CCC(C(=O)c1cccs1)C(F)(F)F. The summed E-state index contributed by atoms with van der Waals surface area (Å²) >= 11 is 0.984. The van der Waals surface area contributed by atoms with Crippen molar-refractivity contribution in [3.8, 4) is 0 Å². The molecule has 6 heteroatoms. The number of rotatable bonds is 7. The predicted molar refractivity (Wildman–Crippen MR) is 102 cm³/mol. The molecule has 0 N–H and O–H groups in total. The van der Waals surface area contributed by atoms with E-state index in [1.54, 1.807) is 17.5 Å². The summed E-state index contributed by atoms with van der Waals surface area (Å²) in [4.78, 5) is 24.4. The maximum Gasteiger partial charge on any atom is 0.399 e. The van der Waals surface area contributed by atoms with Crippen LogP contribution in [0.2, 0.25) is 0 Å². The lowest BCUT2D eigenvalue weighted by atomic mass is 9.68. The van der Waals surface area contributed by atoms with Gasteiger partial charge in [0, 0.05) is 12.3 Å². The number of halogens is 3. The van der Waals surface area contributed by atoms with E-state index in [1.807, 2.05) is 6.92 Å². The highest BCUT2D eigenvalue weighted by atomic mass is 32.1.